The van der Waals surface area contributed by atoms with E-state index in [1.54, 1.807) is 19.1 Å². The fourth-order valence-corrected chi connectivity index (χ4v) is 2.61. The Labute approximate surface area is 136 Å². The number of piperidine rings is 1. The van der Waals surface area contributed by atoms with Gasteiger partial charge in [-0.3, -0.25) is 4.79 Å². The smallest absolute Gasteiger partial charge is 0.319 e. The van der Waals surface area contributed by atoms with E-state index in [-0.39, 0.29) is 12.5 Å². The summed E-state index contributed by atoms with van der Waals surface area (Å²) in [7, 11) is 0. The molecule has 1 heterocycles. The van der Waals surface area contributed by atoms with Crippen molar-refractivity contribution in [1.29, 1.82) is 0 Å². The van der Waals surface area contributed by atoms with Crippen LogP contribution in [-0.2, 0) is 0 Å². The van der Waals surface area contributed by atoms with Gasteiger partial charge in [-0.05, 0) is 50.8 Å². The molecule has 6 heteroatoms. The number of carbonyl (C=O) groups excluding carboxylic acids is 2. The lowest BCUT2D eigenvalue weighted by molar-refractivity contribution is 0.0723. The highest BCUT2D eigenvalue weighted by molar-refractivity contribution is 5.98. The van der Waals surface area contributed by atoms with Crippen molar-refractivity contribution in [3.05, 3.63) is 29.3 Å². The van der Waals surface area contributed by atoms with E-state index >= 15 is 0 Å². The monoisotopic (exact) mass is 319 g/mol. The Morgan fingerprint density at radius 1 is 1.26 bits per heavy atom. The molecule has 3 amide bonds. The van der Waals surface area contributed by atoms with Crippen LogP contribution in [0, 0.1) is 6.92 Å². The van der Waals surface area contributed by atoms with Crippen LogP contribution in [0.1, 0.15) is 42.1 Å². The standard InChI is InChI=1S/C17H25N3O3/c1-12-6-7-14(19-17(23)18-11-13(2)21)10-15(12)16(22)20-8-4-3-5-9-20/h6-7,10,13,21H,3-5,8-9,11H2,1-2H3,(H2,18,19,23). The molecule has 1 aliphatic rings. The van der Waals surface area contributed by atoms with Gasteiger partial charge in [0.1, 0.15) is 0 Å². The average Bonchev–Trinajstić information content (AvgIpc) is 2.55. The van der Waals surface area contributed by atoms with E-state index in [4.69, 9.17) is 0 Å². The zero-order valence-electron chi connectivity index (χ0n) is 13.8. The molecule has 1 fully saturated rings. The van der Waals surface area contributed by atoms with E-state index in [0.29, 0.717) is 11.3 Å². The van der Waals surface area contributed by atoms with E-state index < -0.39 is 12.1 Å². The summed E-state index contributed by atoms with van der Waals surface area (Å²) < 4.78 is 0. The zero-order chi connectivity index (χ0) is 16.8. The summed E-state index contributed by atoms with van der Waals surface area (Å²) in [4.78, 5) is 26.3. The lowest BCUT2D eigenvalue weighted by Crippen LogP contribution is -2.36. The number of aliphatic hydroxyl groups excluding tert-OH is 1. The van der Waals surface area contributed by atoms with Gasteiger partial charge in [-0.15, -0.1) is 0 Å². The Kier molecular flexibility index (Phi) is 5.98. The molecule has 2 rings (SSSR count). The maximum absolute atomic E-state index is 12.6. The van der Waals surface area contributed by atoms with Gasteiger partial charge in [0.2, 0.25) is 0 Å². The highest BCUT2D eigenvalue weighted by atomic mass is 16.3. The molecule has 0 aromatic heterocycles. The number of likely N-dealkylation sites (tertiary alicyclic amines) is 1. The first kappa shape index (κ1) is 17.3. The van der Waals surface area contributed by atoms with E-state index in [9.17, 15) is 14.7 Å². The molecule has 0 bridgehead atoms. The number of carbonyl (C=O) groups is 2. The molecule has 1 saturated heterocycles. The van der Waals surface area contributed by atoms with E-state index in [0.717, 1.165) is 31.5 Å². The Morgan fingerprint density at radius 2 is 1.96 bits per heavy atom. The third-order valence-corrected chi connectivity index (χ3v) is 3.93. The van der Waals surface area contributed by atoms with Crippen molar-refractivity contribution in [2.24, 2.45) is 0 Å². The molecule has 3 N–H and O–H groups in total. The van der Waals surface area contributed by atoms with Crippen LogP contribution in [0.3, 0.4) is 0 Å². The Bertz CT molecular complexity index is 566. The largest absolute Gasteiger partial charge is 0.392 e. The van der Waals surface area contributed by atoms with Gasteiger partial charge in [-0.1, -0.05) is 6.07 Å². The van der Waals surface area contributed by atoms with Crippen molar-refractivity contribution < 1.29 is 14.7 Å². The summed E-state index contributed by atoms with van der Waals surface area (Å²) in [6.07, 6.45) is 2.66. The third-order valence-electron chi connectivity index (χ3n) is 3.93. The van der Waals surface area contributed by atoms with Gasteiger partial charge in [-0.25, -0.2) is 4.79 Å². The van der Waals surface area contributed by atoms with Gasteiger partial charge < -0.3 is 20.6 Å². The van der Waals surface area contributed by atoms with Crippen LogP contribution in [-0.4, -0.2) is 47.7 Å². The normalized spacial score (nSPS) is 15.9. The summed E-state index contributed by atoms with van der Waals surface area (Å²) >= 11 is 0. The molecule has 0 aliphatic carbocycles. The molecular formula is C17H25N3O3. The Hall–Kier alpha value is -2.08. The van der Waals surface area contributed by atoms with Gasteiger partial charge in [-0.2, -0.15) is 0 Å². The Balaban J connectivity index is 2.06. The lowest BCUT2D eigenvalue weighted by atomic mass is 10.0. The highest BCUT2D eigenvalue weighted by Gasteiger charge is 2.20. The molecule has 0 spiro atoms. The summed E-state index contributed by atoms with van der Waals surface area (Å²) in [6, 6.07) is 4.92. The van der Waals surface area contributed by atoms with Crippen molar-refractivity contribution >= 4 is 17.6 Å². The van der Waals surface area contributed by atoms with E-state index in [1.807, 2.05) is 17.9 Å². The first-order valence-corrected chi connectivity index (χ1v) is 8.10. The molecule has 126 valence electrons. The predicted molar refractivity (Wildman–Crippen MR) is 89.6 cm³/mol. The maximum Gasteiger partial charge on any atom is 0.319 e. The fourth-order valence-electron chi connectivity index (χ4n) is 2.61. The molecule has 1 aliphatic heterocycles. The average molecular weight is 319 g/mol. The van der Waals surface area contributed by atoms with Gasteiger partial charge in [0, 0.05) is 30.9 Å². The molecule has 1 aromatic rings. The molecule has 1 atom stereocenters. The molecule has 0 radical (unpaired) electrons. The minimum atomic E-state index is -0.602. The first-order chi connectivity index (χ1) is 11.0. The Morgan fingerprint density at radius 3 is 2.61 bits per heavy atom. The number of anilines is 1. The van der Waals surface area contributed by atoms with Crippen LogP contribution in [0.25, 0.3) is 0 Å². The maximum atomic E-state index is 12.6. The second-order valence-electron chi connectivity index (χ2n) is 6.07. The van der Waals surface area contributed by atoms with Crippen molar-refractivity contribution in [3.8, 4) is 0 Å². The summed E-state index contributed by atoms with van der Waals surface area (Å²) in [5, 5.41) is 14.4. The zero-order valence-corrected chi connectivity index (χ0v) is 13.8. The topological polar surface area (TPSA) is 81.7 Å². The van der Waals surface area contributed by atoms with Crippen LogP contribution in [0.4, 0.5) is 10.5 Å². The number of aliphatic hydroxyl groups is 1. The lowest BCUT2D eigenvalue weighted by Gasteiger charge is -2.27. The number of nitrogens with zero attached hydrogens (tertiary/aromatic N) is 1. The van der Waals surface area contributed by atoms with Crippen molar-refractivity contribution in [3.63, 3.8) is 0 Å². The van der Waals surface area contributed by atoms with Crippen LogP contribution >= 0.6 is 0 Å². The SMILES string of the molecule is Cc1ccc(NC(=O)NCC(C)O)cc1C(=O)N1CCCCC1. The molecular weight excluding hydrogens is 294 g/mol. The van der Waals surface area contributed by atoms with Crippen LogP contribution in [0.15, 0.2) is 18.2 Å². The van der Waals surface area contributed by atoms with Crippen LogP contribution < -0.4 is 10.6 Å². The third kappa shape index (κ3) is 4.96. The van der Waals surface area contributed by atoms with E-state index in [2.05, 4.69) is 10.6 Å². The molecule has 1 unspecified atom stereocenters. The second-order valence-corrected chi connectivity index (χ2v) is 6.07. The van der Waals surface area contributed by atoms with Gasteiger partial charge in [0.25, 0.3) is 5.91 Å². The number of rotatable bonds is 4. The summed E-state index contributed by atoms with van der Waals surface area (Å²) in [6.45, 7) is 5.27. The first-order valence-electron chi connectivity index (χ1n) is 8.10. The van der Waals surface area contributed by atoms with Crippen LogP contribution in [0.2, 0.25) is 0 Å². The summed E-state index contributed by atoms with van der Waals surface area (Å²) in [5.74, 6) is 0.0234. The number of nitrogens with one attached hydrogen (secondary N) is 2. The predicted octanol–water partition coefficient (Wildman–Crippen LogP) is 2.12. The molecule has 0 saturated carbocycles. The van der Waals surface area contributed by atoms with Crippen molar-refractivity contribution in [2.75, 3.05) is 25.0 Å². The van der Waals surface area contributed by atoms with E-state index in [1.165, 1.54) is 6.42 Å². The minimum Gasteiger partial charge on any atom is -0.392 e. The van der Waals surface area contributed by atoms with Gasteiger partial charge in [0.15, 0.2) is 0 Å². The molecule has 6 nitrogen and oxygen atoms in total. The highest BCUT2D eigenvalue weighted by Crippen LogP contribution is 2.19. The van der Waals surface area contributed by atoms with Crippen molar-refractivity contribution in [1.82, 2.24) is 10.2 Å². The van der Waals surface area contributed by atoms with Crippen molar-refractivity contribution in [2.45, 2.75) is 39.2 Å². The number of aryl methyl sites for hydroxylation is 1. The van der Waals surface area contributed by atoms with Gasteiger partial charge >= 0.3 is 6.03 Å². The minimum absolute atomic E-state index is 0.0234. The number of hydrogen-bond donors (Lipinski definition) is 3. The quantitative estimate of drug-likeness (QED) is 0.795. The number of urea groups is 1. The number of amides is 3. The van der Waals surface area contributed by atoms with Crippen LogP contribution in [0.5, 0.6) is 0 Å². The van der Waals surface area contributed by atoms with Gasteiger partial charge in [0.05, 0.1) is 6.10 Å². The summed E-state index contributed by atoms with van der Waals surface area (Å²) in [5.41, 5.74) is 2.09. The second kappa shape index (κ2) is 7.97. The molecule has 1 aromatic carbocycles. The molecule has 23 heavy (non-hydrogen) atoms. The number of benzene rings is 1. The number of hydrogen-bond acceptors (Lipinski definition) is 3. The fraction of sp³-hybridized carbons (Fsp3) is 0.529.